The van der Waals surface area contributed by atoms with Crippen molar-refractivity contribution < 1.29 is 24.2 Å². The summed E-state index contributed by atoms with van der Waals surface area (Å²) >= 11 is 0. The quantitative estimate of drug-likeness (QED) is 0.515. The lowest BCUT2D eigenvalue weighted by Gasteiger charge is -2.30. The van der Waals surface area contributed by atoms with Crippen LogP contribution in [0.5, 0.6) is 0 Å². The van der Waals surface area contributed by atoms with Crippen LogP contribution in [0.15, 0.2) is 12.2 Å². The molecule has 1 saturated carbocycles. The molecule has 0 aromatic heterocycles. The second-order valence-corrected chi connectivity index (χ2v) is 8.47. The Balaban J connectivity index is 2.56. The number of aliphatic hydroxyl groups is 1. The van der Waals surface area contributed by atoms with Crippen molar-refractivity contribution in [3.8, 4) is 0 Å². The zero-order valence-corrected chi connectivity index (χ0v) is 15.9. The summed E-state index contributed by atoms with van der Waals surface area (Å²) in [4.78, 5) is 23.9. The van der Waals surface area contributed by atoms with E-state index in [1.807, 2.05) is 0 Å². The van der Waals surface area contributed by atoms with Gasteiger partial charge in [-0.1, -0.05) is 47.6 Å². The number of ether oxygens (including phenoxy) is 2. The first kappa shape index (κ1) is 20.7. The van der Waals surface area contributed by atoms with Crippen molar-refractivity contribution in [2.75, 3.05) is 13.2 Å². The van der Waals surface area contributed by atoms with Gasteiger partial charge in [0, 0.05) is 5.57 Å². The number of hydrogen-bond acceptors (Lipinski definition) is 5. The highest BCUT2D eigenvalue weighted by atomic mass is 16.6. The highest BCUT2D eigenvalue weighted by Gasteiger charge is 2.68. The highest BCUT2D eigenvalue weighted by molar-refractivity contribution is 5.86. The summed E-state index contributed by atoms with van der Waals surface area (Å²) < 4.78 is 10.2. The van der Waals surface area contributed by atoms with Crippen LogP contribution in [0, 0.1) is 16.2 Å². The molecule has 0 aromatic rings. The lowest BCUT2D eigenvalue weighted by Crippen LogP contribution is -2.33. The van der Waals surface area contributed by atoms with Gasteiger partial charge in [-0.25, -0.2) is 4.79 Å². The Morgan fingerprint density at radius 2 is 1.75 bits per heavy atom. The van der Waals surface area contributed by atoms with Gasteiger partial charge in [0.1, 0.15) is 19.3 Å². The van der Waals surface area contributed by atoms with Gasteiger partial charge in [-0.15, -0.1) is 0 Å². The topological polar surface area (TPSA) is 72.8 Å². The molecule has 1 N–H and O–H groups in total. The van der Waals surface area contributed by atoms with Crippen molar-refractivity contribution in [2.45, 2.75) is 66.9 Å². The normalized spacial score (nSPS) is 23.3. The summed E-state index contributed by atoms with van der Waals surface area (Å²) in [5, 5.41) is 9.84. The van der Waals surface area contributed by atoms with E-state index < -0.39 is 17.5 Å². The van der Waals surface area contributed by atoms with Gasteiger partial charge in [-0.05, 0) is 30.6 Å². The number of rotatable bonds is 9. The minimum absolute atomic E-state index is 0.0580. The van der Waals surface area contributed by atoms with Gasteiger partial charge in [0.2, 0.25) is 0 Å². The van der Waals surface area contributed by atoms with E-state index in [4.69, 9.17) is 9.47 Å². The Kier molecular flexibility index (Phi) is 6.26. The molecule has 2 atom stereocenters. The van der Waals surface area contributed by atoms with Crippen LogP contribution in [0.1, 0.15) is 60.8 Å². The molecule has 0 saturated heterocycles. The van der Waals surface area contributed by atoms with Crippen LogP contribution in [-0.4, -0.2) is 36.4 Å². The van der Waals surface area contributed by atoms with E-state index in [1.54, 1.807) is 0 Å². The van der Waals surface area contributed by atoms with Crippen LogP contribution in [0.4, 0.5) is 0 Å². The first-order valence-electron chi connectivity index (χ1n) is 8.55. The van der Waals surface area contributed by atoms with E-state index in [0.717, 1.165) is 19.3 Å². The minimum atomic E-state index is -1.03. The molecule has 1 rings (SSSR count). The largest absolute Gasteiger partial charge is 0.462 e. The summed E-state index contributed by atoms with van der Waals surface area (Å²) in [6, 6.07) is 0. The van der Waals surface area contributed by atoms with Gasteiger partial charge in [-0.2, -0.15) is 0 Å². The van der Waals surface area contributed by atoms with Gasteiger partial charge in [-0.3, -0.25) is 4.79 Å². The molecule has 0 spiro atoms. The second kappa shape index (κ2) is 7.26. The molecule has 0 amide bonds. The summed E-state index contributed by atoms with van der Waals surface area (Å²) in [6.07, 6.45) is 1.51. The molecule has 0 bridgehead atoms. The number of carbonyl (C=O) groups excluding carboxylic acids is 2. The monoisotopic (exact) mass is 340 g/mol. The van der Waals surface area contributed by atoms with Crippen LogP contribution >= 0.6 is 0 Å². The predicted octanol–water partition coefficient (Wildman–Crippen LogP) is 3.25. The van der Waals surface area contributed by atoms with Gasteiger partial charge in [0.25, 0.3) is 0 Å². The number of carbonyl (C=O) groups is 2. The Morgan fingerprint density at radius 1 is 1.25 bits per heavy atom. The van der Waals surface area contributed by atoms with Gasteiger partial charge in [0.05, 0.1) is 5.41 Å². The fourth-order valence-electron chi connectivity index (χ4n) is 3.03. The van der Waals surface area contributed by atoms with Crippen LogP contribution in [-0.2, 0) is 19.1 Å². The minimum Gasteiger partial charge on any atom is -0.462 e. The fourth-order valence-corrected chi connectivity index (χ4v) is 3.03. The van der Waals surface area contributed by atoms with Crippen molar-refractivity contribution >= 4 is 11.9 Å². The Morgan fingerprint density at radius 3 is 2.17 bits per heavy atom. The molecular weight excluding hydrogens is 308 g/mol. The van der Waals surface area contributed by atoms with Crippen molar-refractivity contribution in [1.29, 1.82) is 0 Å². The molecule has 2 unspecified atom stereocenters. The van der Waals surface area contributed by atoms with E-state index in [-0.39, 0.29) is 35.6 Å². The van der Waals surface area contributed by atoms with Gasteiger partial charge < -0.3 is 14.6 Å². The third-order valence-corrected chi connectivity index (χ3v) is 5.20. The standard InChI is InChI=1S/C19H32O5/c1-8-17(4,5)11-19(12-18(19,6)7)16(22)24-10-14(20)9-23-15(21)13(2)3/h14,20H,2,8-12H2,1,3-7H3. The average Bonchev–Trinajstić information content (AvgIpc) is 3.03. The molecular formula is C19H32O5. The molecule has 0 aromatic carbocycles. The maximum atomic E-state index is 12.6. The SMILES string of the molecule is C=C(C)C(=O)OCC(O)COC(=O)C1(CC(C)(C)CC)CC1(C)C. The third-order valence-electron chi connectivity index (χ3n) is 5.20. The number of hydrogen-bond donors (Lipinski definition) is 1. The summed E-state index contributed by atoms with van der Waals surface area (Å²) in [5.74, 6) is -0.829. The molecule has 138 valence electrons. The van der Waals surface area contributed by atoms with E-state index >= 15 is 0 Å². The van der Waals surface area contributed by atoms with Gasteiger partial charge in [0.15, 0.2) is 0 Å². The molecule has 1 aliphatic rings. The Bertz CT molecular complexity index is 506. The molecule has 1 fully saturated rings. The summed E-state index contributed by atoms with van der Waals surface area (Å²) in [7, 11) is 0. The number of esters is 2. The first-order valence-corrected chi connectivity index (χ1v) is 8.55. The lowest BCUT2D eigenvalue weighted by atomic mass is 9.76. The van der Waals surface area contributed by atoms with Crippen LogP contribution in [0.25, 0.3) is 0 Å². The molecule has 0 heterocycles. The molecule has 5 nitrogen and oxygen atoms in total. The van der Waals surface area contributed by atoms with Gasteiger partial charge >= 0.3 is 11.9 Å². The first-order chi connectivity index (χ1) is 10.9. The zero-order valence-electron chi connectivity index (χ0n) is 15.9. The second-order valence-electron chi connectivity index (χ2n) is 8.47. The molecule has 5 heteroatoms. The van der Waals surface area contributed by atoms with Crippen LogP contribution in [0.3, 0.4) is 0 Å². The van der Waals surface area contributed by atoms with E-state index in [1.165, 1.54) is 6.92 Å². The maximum absolute atomic E-state index is 12.6. The fraction of sp³-hybridized carbons (Fsp3) is 0.789. The predicted molar refractivity (Wildman–Crippen MR) is 92.3 cm³/mol. The van der Waals surface area contributed by atoms with Crippen molar-refractivity contribution in [2.24, 2.45) is 16.2 Å². The Hall–Kier alpha value is -1.36. The molecule has 24 heavy (non-hydrogen) atoms. The average molecular weight is 340 g/mol. The summed E-state index contributed by atoms with van der Waals surface area (Å²) in [6.45, 7) is 15.2. The van der Waals surface area contributed by atoms with Crippen molar-refractivity contribution in [3.63, 3.8) is 0 Å². The maximum Gasteiger partial charge on any atom is 0.333 e. The van der Waals surface area contributed by atoms with Crippen LogP contribution < -0.4 is 0 Å². The molecule has 1 aliphatic carbocycles. The Labute approximate surface area is 145 Å². The van der Waals surface area contributed by atoms with Crippen molar-refractivity contribution in [3.05, 3.63) is 12.2 Å². The smallest absolute Gasteiger partial charge is 0.333 e. The zero-order chi connectivity index (χ0) is 18.8. The number of aliphatic hydroxyl groups excluding tert-OH is 1. The summed E-state index contributed by atoms with van der Waals surface area (Å²) in [5.41, 5.74) is -0.253. The molecule has 0 radical (unpaired) electrons. The van der Waals surface area contributed by atoms with E-state index in [0.29, 0.717) is 0 Å². The van der Waals surface area contributed by atoms with E-state index in [2.05, 4.69) is 41.2 Å². The van der Waals surface area contributed by atoms with Crippen molar-refractivity contribution in [1.82, 2.24) is 0 Å². The third kappa shape index (κ3) is 4.82. The molecule has 0 aliphatic heterocycles. The highest BCUT2D eigenvalue weighted by Crippen LogP contribution is 2.68. The van der Waals surface area contributed by atoms with Crippen LogP contribution in [0.2, 0.25) is 0 Å². The lowest BCUT2D eigenvalue weighted by molar-refractivity contribution is -0.158. The van der Waals surface area contributed by atoms with E-state index in [9.17, 15) is 14.7 Å².